The highest BCUT2D eigenvalue weighted by molar-refractivity contribution is 5.11. The smallest absolute Gasteiger partial charge is 0.0701 e. The zero-order valence-corrected chi connectivity index (χ0v) is 14.3. The summed E-state index contributed by atoms with van der Waals surface area (Å²) in [6, 6.07) is 10.3. The maximum Gasteiger partial charge on any atom is 0.0701 e. The third kappa shape index (κ3) is 17.1. The Kier molecular flexibility index (Phi) is 16.5. The van der Waals surface area contributed by atoms with Gasteiger partial charge in [-0.2, -0.15) is 0 Å². The molecule has 122 valence electrons. The van der Waals surface area contributed by atoms with Crippen molar-refractivity contribution in [3.8, 4) is 0 Å². The van der Waals surface area contributed by atoms with E-state index in [1.807, 2.05) is 18.2 Å². The van der Waals surface area contributed by atoms with Crippen LogP contribution >= 0.6 is 0 Å². The molecule has 0 radical (unpaired) electrons. The number of aryl methyl sites for hydroxylation is 1. The number of rotatable bonds is 5. The van der Waals surface area contributed by atoms with Crippen molar-refractivity contribution in [3.05, 3.63) is 35.9 Å². The lowest BCUT2D eigenvalue weighted by Gasteiger charge is -2.09. The number of ether oxygens (including phenoxy) is 2. The summed E-state index contributed by atoms with van der Waals surface area (Å²) in [7, 11) is 0. The quantitative estimate of drug-likeness (QED) is 0.677. The van der Waals surface area contributed by atoms with Crippen LogP contribution in [0.15, 0.2) is 30.3 Å². The molecule has 0 N–H and O–H groups in total. The molecule has 1 aromatic carbocycles. The molecule has 1 aliphatic rings. The lowest BCUT2D eigenvalue weighted by atomic mass is 10.1. The fraction of sp³-hybridized carbons (Fsp3) is 0.684. The van der Waals surface area contributed by atoms with Crippen LogP contribution < -0.4 is 0 Å². The molecule has 0 spiro atoms. The summed E-state index contributed by atoms with van der Waals surface area (Å²) in [6.45, 7) is 9.71. The first-order valence-corrected chi connectivity index (χ1v) is 8.48. The number of hydrogen-bond donors (Lipinski definition) is 0. The van der Waals surface area contributed by atoms with Crippen LogP contribution in [-0.4, -0.2) is 26.4 Å². The summed E-state index contributed by atoms with van der Waals surface area (Å²) in [5.74, 6) is 0. The summed E-state index contributed by atoms with van der Waals surface area (Å²) in [6.07, 6.45) is 8.49. The molecule has 1 saturated heterocycles. The van der Waals surface area contributed by atoms with Crippen LogP contribution in [0.1, 0.15) is 57.9 Å². The fourth-order valence-corrected chi connectivity index (χ4v) is 1.83. The van der Waals surface area contributed by atoms with Crippen LogP contribution in [0.5, 0.6) is 0 Å². The summed E-state index contributed by atoms with van der Waals surface area (Å²) in [4.78, 5) is 0. The molecule has 2 rings (SSSR count). The Morgan fingerprint density at radius 2 is 1.14 bits per heavy atom. The van der Waals surface area contributed by atoms with E-state index in [1.165, 1.54) is 44.1 Å². The van der Waals surface area contributed by atoms with Crippen molar-refractivity contribution < 1.29 is 9.47 Å². The van der Waals surface area contributed by atoms with Crippen LogP contribution in [0.25, 0.3) is 0 Å². The predicted molar refractivity (Wildman–Crippen MR) is 91.9 cm³/mol. The van der Waals surface area contributed by atoms with Gasteiger partial charge in [-0.1, -0.05) is 88.3 Å². The van der Waals surface area contributed by atoms with Crippen LogP contribution in [0.4, 0.5) is 0 Å². The Morgan fingerprint density at radius 3 is 1.38 bits per heavy atom. The van der Waals surface area contributed by atoms with E-state index in [4.69, 9.17) is 9.47 Å². The van der Waals surface area contributed by atoms with Crippen molar-refractivity contribution in [3.63, 3.8) is 0 Å². The average molecular weight is 294 g/mol. The van der Waals surface area contributed by atoms with Gasteiger partial charge in [-0.3, -0.25) is 0 Å². The van der Waals surface area contributed by atoms with Gasteiger partial charge in [0.15, 0.2) is 0 Å². The molecule has 2 heteroatoms. The maximum atomic E-state index is 4.94. The molecule has 0 aliphatic carbocycles. The van der Waals surface area contributed by atoms with Gasteiger partial charge in [0.1, 0.15) is 0 Å². The van der Waals surface area contributed by atoms with Crippen molar-refractivity contribution in [2.75, 3.05) is 26.4 Å². The van der Waals surface area contributed by atoms with E-state index in [1.54, 1.807) is 0 Å². The molecule has 1 aromatic rings. The molecule has 1 fully saturated rings. The highest BCUT2D eigenvalue weighted by Crippen LogP contribution is 2.03. The number of hydrogen-bond acceptors (Lipinski definition) is 2. The predicted octanol–water partition coefficient (Wildman–Crippen LogP) is 5.40. The largest absolute Gasteiger partial charge is 0.377 e. The number of benzene rings is 1. The second kappa shape index (κ2) is 17.2. The second-order valence-electron chi connectivity index (χ2n) is 5.29. The topological polar surface area (TPSA) is 18.5 Å². The zero-order valence-electron chi connectivity index (χ0n) is 14.3. The zero-order chi connectivity index (χ0) is 15.6. The van der Waals surface area contributed by atoms with E-state index in [2.05, 4.69) is 32.9 Å². The molecule has 2 nitrogen and oxygen atoms in total. The Labute approximate surface area is 131 Å². The standard InChI is InChI=1S/C8H18.C7H8.C4H8O2/c1-3-5-7-8-6-4-2;1-7-5-3-2-4-6-7;1-2-6-4-3-5-1/h3-8H2,1-2H3;2-6H,1H3;1-4H2. The van der Waals surface area contributed by atoms with Gasteiger partial charge >= 0.3 is 0 Å². The molecular formula is C19H34O2. The Balaban J connectivity index is 0.000000288. The molecule has 0 saturated carbocycles. The Bertz CT molecular complexity index is 263. The van der Waals surface area contributed by atoms with Gasteiger partial charge in [-0.25, -0.2) is 0 Å². The third-order valence-electron chi connectivity index (χ3n) is 3.14. The van der Waals surface area contributed by atoms with E-state index in [-0.39, 0.29) is 0 Å². The van der Waals surface area contributed by atoms with E-state index in [0.717, 1.165) is 26.4 Å². The van der Waals surface area contributed by atoms with Crippen LogP contribution in [0.3, 0.4) is 0 Å². The summed E-state index contributed by atoms with van der Waals surface area (Å²) >= 11 is 0. The lowest BCUT2D eigenvalue weighted by Crippen LogP contribution is -2.16. The minimum absolute atomic E-state index is 0.778. The molecule has 21 heavy (non-hydrogen) atoms. The van der Waals surface area contributed by atoms with Gasteiger partial charge in [0.2, 0.25) is 0 Å². The van der Waals surface area contributed by atoms with Crippen molar-refractivity contribution in [1.82, 2.24) is 0 Å². The van der Waals surface area contributed by atoms with Crippen LogP contribution in [-0.2, 0) is 9.47 Å². The molecule has 1 aliphatic heterocycles. The second-order valence-corrected chi connectivity index (χ2v) is 5.29. The highest BCUT2D eigenvalue weighted by atomic mass is 16.6. The average Bonchev–Trinajstić information content (AvgIpc) is 2.55. The fourth-order valence-electron chi connectivity index (χ4n) is 1.83. The monoisotopic (exact) mass is 294 g/mol. The summed E-state index contributed by atoms with van der Waals surface area (Å²) < 4.78 is 9.89. The van der Waals surface area contributed by atoms with Gasteiger partial charge in [-0.05, 0) is 6.92 Å². The van der Waals surface area contributed by atoms with Gasteiger partial charge in [0.25, 0.3) is 0 Å². The molecule has 0 bridgehead atoms. The maximum absolute atomic E-state index is 4.94. The Morgan fingerprint density at radius 1 is 0.714 bits per heavy atom. The van der Waals surface area contributed by atoms with Crippen LogP contribution in [0.2, 0.25) is 0 Å². The van der Waals surface area contributed by atoms with Crippen molar-refractivity contribution >= 4 is 0 Å². The van der Waals surface area contributed by atoms with Gasteiger partial charge < -0.3 is 9.47 Å². The summed E-state index contributed by atoms with van der Waals surface area (Å²) in [5.41, 5.74) is 1.32. The SMILES string of the molecule is C1COCCO1.CCCCCCCC.Cc1ccccc1. The normalized spacial score (nSPS) is 13.5. The highest BCUT2D eigenvalue weighted by Gasteiger charge is 1.94. The first-order valence-electron chi connectivity index (χ1n) is 8.48. The van der Waals surface area contributed by atoms with E-state index < -0.39 is 0 Å². The summed E-state index contributed by atoms with van der Waals surface area (Å²) in [5, 5.41) is 0. The minimum atomic E-state index is 0.778. The van der Waals surface area contributed by atoms with Gasteiger partial charge in [0, 0.05) is 0 Å². The molecule has 0 aromatic heterocycles. The Hall–Kier alpha value is -0.860. The molecule has 1 heterocycles. The molecule has 0 atom stereocenters. The van der Waals surface area contributed by atoms with E-state index in [0.29, 0.717) is 0 Å². The van der Waals surface area contributed by atoms with Gasteiger partial charge in [-0.15, -0.1) is 0 Å². The first-order chi connectivity index (χ1) is 10.3. The first kappa shape index (κ1) is 20.1. The van der Waals surface area contributed by atoms with Crippen molar-refractivity contribution in [2.45, 2.75) is 59.3 Å². The van der Waals surface area contributed by atoms with Gasteiger partial charge in [0.05, 0.1) is 26.4 Å². The third-order valence-corrected chi connectivity index (χ3v) is 3.14. The molecular weight excluding hydrogens is 260 g/mol. The molecule has 0 unspecified atom stereocenters. The lowest BCUT2D eigenvalue weighted by molar-refractivity contribution is -0.0334. The van der Waals surface area contributed by atoms with Crippen molar-refractivity contribution in [2.24, 2.45) is 0 Å². The van der Waals surface area contributed by atoms with Crippen molar-refractivity contribution in [1.29, 1.82) is 0 Å². The van der Waals surface area contributed by atoms with Crippen LogP contribution in [0, 0.1) is 6.92 Å². The molecule has 0 amide bonds. The van der Waals surface area contributed by atoms with E-state index >= 15 is 0 Å². The van der Waals surface area contributed by atoms with E-state index in [9.17, 15) is 0 Å². The minimum Gasteiger partial charge on any atom is -0.377 e. The number of unbranched alkanes of at least 4 members (excludes halogenated alkanes) is 5.